The van der Waals surface area contributed by atoms with E-state index in [1.807, 2.05) is 13.8 Å². The lowest BCUT2D eigenvalue weighted by molar-refractivity contribution is 0.112. The van der Waals surface area contributed by atoms with Crippen LogP contribution in [0.1, 0.15) is 33.1 Å². The standard InChI is InChI=1S/C11H23N3.C2H6/c1-12-10-3-4-11(9-10)14-7-5-13(2)6-8-14;1-2/h10-12H,3-9H2,1-2H3;1-2H3/t10-,11+;/m1./s1. The number of rotatable bonds is 2. The number of piperazine rings is 1. The van der Waals surface area contributed by atoms with E-state index in [-0.39, 0.29) is 0 Å². The molecule has 3 nitrogen and oxygen atoms in total. The van der Waals surface area contributed by atoms with E-state index in [1.165, 1.54) is 45.4 Å². The van der Waals surface area contributed by atoms with E-state index in [0.29, 0.717) is 0 Å². The second kappa shape index (κ2) is 7.25. The van der Waals surface area contributed by atoms with Crippen LogP contribution in [-0.2, 0) is 0 Å². The lowest BCUT2D eigenvalue weighted by atomic mass is 10.2. The highest BCUT2D eigenvalue weighted by molar-refractivity contribution is 4.87. The fourth-order valence-corrected chi connectivity index (χ4v) is 2.74. The highest BCUT2D eigenvalue weighted by Crippen LogP contribution is 2.24. The van der Waals surface area contributed by atoms with Gasteiger partial charge in [-0.15, -0.1) is 0 Å². The molecule has 0 amide bonds. The second-order valence-electron chi connectivity index (χ2n) is 4.79. The van der Waals surface area contributed by atoms with Gasteiger partial charge in [0.25, 0.3) is 0 Å². The summed E-state index contributed by atoms with van der Waals surface area (Å²) in [5.41, 5.74) is 0. The van der Waals surface area contributed by atoms with Gasteiger partial charge in [0.15, 0.2) is 0 Å². The van der Waals surface area contributed by atoms with Gasteiger partial charge < -0.3 is 10.2 Å². The van der Waals surface area contributed by atoms with E-state index in [2.05, 4.69) is 29.2 Å². The van der Waals surface area contributed by atoms with Crippen LogP contribution in [0, 0.1) is 0 Å². The first-order valence-electron chi connectivity index (χ1n) is 6.89. The molecule has 1 saturated heterocycles. The molecule has 1 N–H and O–H groups in total. The van der Waals surface area contributed by atoms with Gasteiger partial charge in [-0.25, -0.2) is 0 Å². The molecule has 3 heteroatoms. The predicted octanol–water partition coefficient (Wildman–Crippen LogP) is 1.40. The molecule has 16 heavy (non-hydrogen) atoms. The number of nitrogens with zero attached hydrogens (tertiary/aromatic N) is 2. The summed E-state index contributed by atoms with van der Waals surface area (Å²) in [5.74, 6) is 0. The van der Waals surface area contributed by atoms with E-state index < -0.39 is 0 Å². The normalized spacial score (nSPS) is 32.2. The molecule has 96 valence electrons. The number of nitrogens with one attached hydrogen (secondary N) is 1. The van der Waals surface area contributed by atoms with Crippen LogP contribution in [0.25, 0.3) is 0 Å². The first kappa shape index (κ1) is 13.9. The van der Waals surface area contributed by atoms with Crippen LogP contribution in [0.2, 0.25) is 0 Å². The van der Waals surface area contributed by atoms with Gasteiger partial charge in [-0.05, 0) is 33.4 Å². The van der Waals surface area contributed by atoms with Crippen LogP contribution >= 0.6 is 0 Å². The Morgan fingerprint density at radius 1 is 1.00 bits per heavy atom. The fraction of sp³-hybridized carbons (Fsp3) is 1.00. The van der Waals surface area contributed by atoms with Crippen molar-refractivity contribution >= 4 is 0 Å². The molecular formula is C13H29N3. The summed E-state index contributed by atoms with van der Waals surface area (Å²) in [4.78, 5) is 5.12. The van der Waals surface area contributed by atoms with Gasteiger partial charge in [-0.2, -0.15) is 0 Å². The number of likely N-dealkylation sites (N-methyl/N-ethyl adjacent to an activating group) is 1. The smallest absolute Gasteiger partial charge is 0.0113 e. The highest BCUT2D eigenvalue weighted by atomic mass is 15.3. The molecule has 1 aliphatic heterocycles. The van der Waals surface area contributed by atoms with Crippen LogP contribution in [0.15, 0.2) is 0 Å². The Hall–Kier alpha value is -0.120. The molecule has 1 aliphatic carbocycles. The van der Waals surface area contributed by atoms with Crippen molar-refractivity contribution < 1.29 is 0 Å². The van der Waals surface area contributed by atoms with Gasteiger partial charge in [0.2, 0.25) is 0 Å². The topological polar surface area (TPSA) is 18.5 Å². The largest absolute Gasteiger partial charge is 0.317 e. The van der Waals surface area contributed by atoms with Gasteiger partial charge >= 0.3 is 0 Å². The van der Waals surface area contributed by atoms with Crippen molar-refractivity contribution in [1.29, 1.82) is 0 Å². The third kappa shape index (κ3) is 3.72. The SMILES string of the molecule is CC.CN[C@@H]1CC[C@H](N2CCN(C)CC2)C1. The zero-order chi connectivity index (χ0) is 12.0. The Morgan fingerprint density at radius 2 is 1.62 bits per heavy atom. The Labute approximate surface area is 101 Å². The third-order valence-corrected chi connectivity index (χ3v) is 3.87. The molecule has 2 rings (SSSR count). The summed E-state index contributed by atoms with van der Waals surface area (Å²) in [6.07, 6.45) is 4.13. The minimum atomic E-state index is 0.777. The maximum absolute atomic E-state index is 3.40. The second-order valence-corrected chi connectivity index (χ2v) is 4.79. The lowest BCUT2D eigenvalue weighted by Crippen LogP contribution is -2.48. The average Bonchev–Trinajstić information content (AvgIpc) is 2.81. The van der Waals surface area contributed by atoms with Gasteiger partial charge in [0, 0.05) is 38.3 Å². The molecule has 0 aromatic heterocycles. The van der Waals surface area contributed by atoms with E-state index in [9.17, 15) is 0 Å². The van der Waals surface area contributed by atoms with Crippen molar-refractivity contribution in [1.82, 2.24) is 15.1 Å². The van der Waals surface area contributed by atoms with Crippen LogP contribution in [0.3, 0.4) is 0 Å². The van der Waals surface area contributed by atoms with Crippen molar-refractivity contribution in [3.8, 4) is 0 Å². The van der Waals surface area contributed by atoms with Crippen molar-refractivity contribution in [3.63, 3.8) is 0 Å². The first-order valence-corrected chi connectivity index (χ1v) is 6.89. The van der Waals surface area contributed by atoms with Crippen LogP contribution in [-0.4, -0.2) is 62.2 Å². The summed E-state index contributed by atoms with van der Waals surface area (Å²) in [5, 5.41) is 3.40. The van der Waals surface area contributed by atoms with Gasteiger partial charge in [0.1, 0.15) is 0 Å². The van der Waals surface area contributed by atoms with E-state index in [1.54, 1.807) is 0 Å². The van der Waals surface area contributed by atoms with E-state index >= 15 is 0 Å². The van der Waals surface area contributed by atoms with Crippen LogP contribution in [0.4, 0.5) is 0 Å². The zero-order valence-electron chi connectivity index (χ0n) is 11.5. The fourth-order valence-electron chi connectivity index (χ4n) is 2.74. The summed E-state index contributed by atoms with van der Waals surface area (Å²) < 4.78 is 0. The summed E-state index contributed by atoms with van der Waals surface area (Å²) >= 11 is 0. The molecule has 1 heterocycles. The summed E-state index contributed by atoms with van der Waals surface area (Å²) in [7, 11) is 4.32. The molecule has 0 bridgehead atoms. The zero-order valence-corrected chi connectivity index (χ0v) is 11.5. The quantitative estimate of drug-likeness (QED) is 0.769. The molecular weight excluding hydrogens is 198 g/mol. The molecule has 2 aliphatic rings. The molecule has 0 aromatic carbocycles. The van der Waals surface area contributed by atoms with Crippen molar-refractivity contribution in [3.05, 3.63) is 0 Å². The highest BCUT2D eigenvalue weighted by Gasteiger charge is 2.29. The first-order chi connectivity index (χ1) is 7.79. The Morgan fingerprint density at radius 3 is 2.12 bits per heavy atom. The number of hydrogen-bond acceptors (Lipinski definition) is 3. The molecule has 0 spiro atoms. The van der Waals surface area contributed by atoms with Gasteiger partial charge in [-0.3, -0.25) is 4.90 Å². The molecule has 2 fully saturated rings. The van der Waals surface area contributed by atoms with Crippen LogP contribution < -0.4 is 5.32 Å². The van der Waals surface area contributed by atoms with Crippen molar-refractivity contribution in [2.24, 2.45) is 0 Å². The maximum atomic E-state index is 3.40. The maximum Gasteiger partial charge on any atom is 0.0113 e. The van der Waals surface area contributed by atoms with Gasteiger partial charge in [0.05, 0.1) is 0 Å². The van der Waals surface area contributed by atoms with Crippen molar-refractivity contribution in [2.45, 2.75) is 45.2 Å². The monoisotopic (exact) mass is 227 g/mol. The van der Waals surface area contributed by atoms with Gasteiger partial charge in [-0.1, -0.05) is 13.8 Å². The Balaban J connectivity index is 0.000000606. The minimum Gasteiger partial charge on any atom is -0.317 e. The summed E-state index contributed by atoms with van der Waals surface area (Å²) in [6.45, 7) is 9.05. The third-order valence-electron chi connectivity index (χ3n) is 3.87. The van der Waals surface area contributed by atoms with Crippen LogP contribution in [0.5, 0.6) is 0 Å². The molecule has 0 aromatic rings. The Bertz CT molecular complexity index is 176. The molecule has 0 radical (unpaired) electrons. The number of hydrogen-bond donors (Lipinski definition) is 1. The molecule has 0 unspecified atom stereocenters. The average molecular weight is 227 g/mol. The molecule has 1 saturated carbocycles. The lowest BCUT2D eigenvalue weighted by Gasteiger charge is -2.36. The Kier molecular flexibility index (Phi) is 6.32. The summed E-state index contributed by atoms with van der Waals surface area (Å²) in [6, 6.07) is 1.64. The van der Waals surface area contributed by atoms with E-state index in [0.717, 1.165) is 12.1 Å². The molecule has 2 atom stereocenters. The minimum absolute atomic E-state index is 0.777. The van der Waals surface area contributed by atoms with E-state index in [4.69, 9.17) is 0 Å². The predicted molar refractivity (Wildman–Crippen MR) is 70.9 cm³/mol. The van der Waals surface area contributed by atoms with Crippen molar-refractivity contribution in [2.75, 3.05) is 40.3 Å².